The number of allylic oxidation sites excluding steroid dienone is 2. The summed E-state index contributed by atoms with van der Waals surface area (Å²) < 4.78 is 0. The monoisotopic (exact) mass is 572 g/mol. The van der Waals surface area contributed by atoms with E-state index in [0.717, 1.165) is 59.3 Å². The topological polar surface area (TPSA) is 58.2 Å². The molecule has 4 heteroatoms. The number of nitrogens with one attached hydrogen (secondary N) is 2. The minimum absolute atomic E-state index is 0.196. The van der Waals surface area contributed by atoms with Gasteiger partial charge in [-0.1, -0.05) is 84.9 Å². The first-order valence-corrected chi connectivity index (χ1v) is 15.9. The van der Waals surface area contributed by atoms with Gasteiger partial charge in [0.15, 0.2) is 11.6 Å². The summed E-state index contributed by atoms with van der Waals surface area (Å²) in [7, 11) is 0. The van der Waals surface area contributed by atoms with Crippen LogP contribution in [-0.4, -0.2) is 11.6 Å². The van der Waals surface area contributed by atoms with Gasteiger partial charge in [0.1, 0.15) is 0 Å². The number of rotatable bonds is 2. The van der Waals surface area contributed by atoms with Crippen molar-refractivity contribution in [2.75, 3.05) is 10.6 Å². The molecule has 0 bridgehead atoms. The summed E-state index contributed by atoms with van der Waals surface area (Å²) in [4.78, 5) is 27.0. The molecule has 9 rings (SSSR count). The third kappa shape index (κ3) is 3.77. The van der Waals surface area contributed by atoms with E-state index in [2.05, 4.69) is 108 Å². The third-order valence-electron chi connectivity index (χ3n) is 10.2. The van der Waals surface area contributed by atoms with Crippen LogP contribution in [0.15, 0.2) is 108 Å². The molecular weight excluding hydrogens is 540 g/mol. The zero-order valence-corrected chi connectivity index (χ0v) is 24.5. The molecule has 2 aliphatic carbocycles. The Balaban J connectivity index is 1.13. The average molecular weight is 573 g/mol. The van der Waals surface area contributed by atoms with Crippen molar-refractivity contribution < 1.29 is 9.59 Å². The highest BCUT2D eigenvalue weighted by Gasteiger charge is 2.37. The van der Waals surface area contributed by atoms with Crippen molar-refractivity contribution in [3.63, 3.8) is 0 Å². The van der Waals surface area contributed by atoms with Gasteiger partial charge >= 0.3 is 0 Å². The van der Waals surface area contributed by atoms with Crippen LogP contribution in [0.4, 0.5) is 11.4 Å². The number of hydrogen-bond donors (Lipinski definition) is 2. The van der Waals surface area contributed by atoms with Gasteiger partial charge < -0.3 is 10.6 Å². The van der Waals surface area contributed by atoms with Gasteiger partial charge in [-0.15, -0.1) is 0 Å². The van der Waals surface area contributed by atoms with E-state index >= 15 is 0 Å². The van der Waals surface area contributed by atoms with Crippen molar-refractivity contribution in [1.29, 1.82) is 0 Å². The number of fused-ring (bicyclic) bond motifs is 8. The minimum Gasteiger partial charge on any atom is -0.373 e. The fourth-order valence-electron chi connectivity index (χ4n) is 8.19. The van der Waals surface area contributed by atoms with E-state index in [9.17, 15) is 9.59 Å². The van der Waals surface area contributed by atoms with Crippen LogP contribution in [0.1, 0.15) is 72.9 Å². The molecule has 0 aromatic heterocycles. The van der Waals surface area contributed by atoms with Crippen molar-refractivity contribution in [3.8, 4) is 0 Å². The van der Waals surface area contributed by atoms with Crippen molar-refractivity contribution >= 4 is 55.6 Å². The van der Waals surface area contributed by atoms with Crippen molar-refractivity contribution in [2.24, 2.45) is 0 Å². The molecule has 0 fully saturated rings. The Morgan fingerprint density at radius 1 is 0.477 bits per heavy atom. The molecule has 4 aliphatic rings. The summed E-state index contributed by atoms with van der Waals surface area (Å²) in [6.45, 7) is 0. The SMILES string of the molecule is O=C1CCCC2=C1[C@@H](c1ccc([C@H]3Nc4ccc5ccccc5c4C4=C3C(=O)CCC4)cc1)Nc1ccc3ccccc3c12. The van der Waals surface area contributed by atoms with Crippen LogP contribution in [-0.2, 0) is 9.59 Å². The van der Waals surface area contributed by atoms with E-state index in [4.69, 9.17) is 0 Å². The van der Waals surface area contributed by atoms with Crippen molar-refractivity contribution in [3.05, 3.63) is 130 Å². The molecule has 2 atom stereocenters. The number of carbonyl (C=O) groups is 2. The van der Waals surface area contributed by atoms with E-state index in [0.29, 0.717) is 12.8 Å². The second-order valence-electron chi connectivity index (χ2n) is 12.6. The Hall–Kier alpha value is -4.96. The molecule has 0 saturated heterocycles. The van der Waals surface area contributed by atoms with E-state index in [1.165, 1.54) is 43.8 Å². The van der Waals surface area contributed by atoms with Crippen LogP contribution in [0.5, 0.6) is 0 Å². The molecule has 44 heavy (non-hydrogen) atoms. The quantitative estimate of drug-likeness (QED) is 0.221. The first-order valence-electron chi connectivity index (χ1n) is 15.9. The second-order valence-corrected chi connectivity index (χ2v) is 12.6. The lowest BCUT2D eigenvalue weighted by molar-refractivity contribution is -0.116. The summed E-state index contributed by atoms with van der Waals surface area (Å²) in [6, 6.07) is 33.8. The highest BCUT2D eigenvalue weighted by Crippen LogP contribution is 2.50. The number of benzene rings is 5. The smallest absolute Gasteiger partial charge is 0.161 e. The van der Waals surface area contributed by atoms with Crippen LogP contribution >= 0.6 is 0 Å². The lowest BCUT2D eigenvalue weighted by atomic mass is 9.75. The summed E-state index contributed by atoms with van der Waals surface area (Å²) in [5.41, 5.74) is 10.9. The van der Waals surface area contributed by atoms with Gasteiger partial charge in [0.25, 0.3) is 0 Å². The van der Waals surface area contributed by atoms with E-state index in [1.807, 2.05) is 0 Å². The maximum Gasteiger partial charge on any atom is 0.161 e. The average Bonchev–Trinajstić information content (AvgIpc) is 3.07. The number of anilines is 2. The molecule has 5 aromatic carbocycles. The Kier molecular flexibility index (Phi) is 5.68. The Bertz CT molecular complexity index is 1970. The molecule has 0 amide bonds. The second kappa shape index (κ2) is 9.78. The summed E-state index contributed by atoms with van der Waals surface area (Å²) in [5.74, 6) is 0.485. The normalized spacial score (nSPS) is 20.9. The van der Waals surface area contributed by atoms with Crippen molar-refractivity contribution in [1.82, 2.24) is 0 Å². The van der Waals surface area contributed by atoms with Gasteiger partial charge in [0.05, 0.1) is 12.1 Å². The molecular formula is C40H32N2O2. The third-order valence-corrected chi connectivity index (χ3v) is 10.2. The molecule has 0 saturated carbocycles. The maximum atomic E-state index is 13.5. The maximum absolute atomic E-state index is 13.5. The van der Waals surface area contributed by atoms with Gasteiger partial charge in [-0.3, -0.25) is 9.59 Å². The molecule has 214 valence electrons. The number of carbonyl (C=O) groups excluding carboxylic acids is 2. The lowest BCUT2D eigenvalue weighted by Gasteiger charge is -2.36. The van der Waals surface area contributed by atoms with Gasteiger partial charge in [0.2, 0.25) is 0 Å². The number of ketones is 2. The summed E-state index contributed by atoms with van der Waals surface area (Å²) in [5, 5.41) is 12.3. The zero-order valence-electron chi connectivity index (χ0n) is 24.5. The molecule has 0 unspecified atom stereocenters. The van der Waals surface area contributed by atoms with Crippen LogP contribution in [0.25, 0.3) is 32.7 Å². The van der Waals surface area contributed by atoms with E-state index < -0.39 is 0 Å². The predicted octanol–water partition coefficient (Wildman–Crippen LogP) is 9.34. The fraction of sp³-hybridized carbons (Fsp3) is 0.200. The van der Waals surface area contributed by atoms with E-state index in [1.54, 1.807) is 0 Å². The van der Waals surface area contributed by atoms with Crippen LogP contribution in [0.2, 0.25) is 0 Å². The number of Topliss-reactive ketones (excluding diaryl/α,β-unsaturated/α-hetero) is 2. The molecule has 2 heterocycles. The van der Waals surface area contributed by atoms with Gasteiger partial charge in [-0.2, -0.15) is 0 Å². The zero-order chi connectivity index (χ0) is 29.4. The van der Waals surface area contributed by atoms with Crippen molar-refractivity contribution in [2.45, 2.75) is 50.6 Å². The Labute approximate surface area is 256 Å². The summed E-state index contributed by atoms with van der Waals surface area (Å²) in [6.07, 6.45) is 4.79. The Morgan fingerprint density at radius 3 is 1.36 bits per heavy atom. The molecule has 0 spiro atoms. The molecule has 5 aromatic rings. The number of hydrogen-bond acceptors (Lipinski definition) is 4. The largest absolute Gasteiger partial charge is 0.373 e. The molecule has 2 aliphatic heterocycles. The van der Waals surface area contributed by atoms with Gasteiger partial charge in [-0.25, -0.2) is 0 Å². The highest BCUT2D eigenvalue weighted by molar-refractivity contribution is 6.13. The van der Waals surface area contributed by atoms with Gasteiger partial charge in [-0.05, 0) is 81.6 Å². The highest BCUT2D eigenvalue weighted by atomic mass is 16.1. The van der Waals surface area contributed by atoms with Crippen LogP contribution < -0.4 is 10.6 Å². The molecule has 4 nitrogen and oxygen atoms in total. The standard InChI is InChI=1S/C40H32N2O2/c43-33-13-5-11-29-35-27-9-3-1-7-23(27)19-21-31(35)41-39(37(29)33)25-15-17-26(18-16-25)40-38-30(12-6-14-34(38)44)36-28-10-4-2-8-24(28)20-22-32(36)42-40/h1-4,7-10,15-22,39-42H,5-6,11-14H2/t39-,40-/m1/s1. The lowest BCUT2D eigenvalue weighted by Crippen LogP contribution is -2.28. The molecule has 0 radical (unpaired) electrons. The predicted molar refractivity (Wildman–Crippen MR) is 179 cm³/mol. The minimum atomic E-state index is -0.196. The first-order chi connectivity index (χ1) is 21.7. The first kappa shape index (κ1) is 25.5. The van der Waals surface area contributed by atoms with Crippen LogP contribution in [0, 0.1) is 0 Å². The van der Waals surface area contributed by atoms with Crippen LogP contribution in [0.3, 0.4) is 0 Å². The Morgan fingerprint density at radius 2 is 0.909 bits per heavy atom. The molecule has 2 N–H and O–H groups in total. The summed E-state index contributed by atoms with van der Waals surface area (Å²) >= 11 is 0. The van der Waals surface area contributed by atoms with Gasteiger partial charge in [0, 0.05) is 46.5 Å². The fourth-order valence-corrected chi connectivity index (χ4v) is 8.19. The van der Waals surface area contributed by atoms with E-state index in [-0.39, 0.29) is 23.7 Å².